The van der Waals surface area contributed by atoms with Crippen LogP contribution in [0.3, 0.4) is 0 Å². The van der Waals surface area contributed by atoms with E-state index in [9.17, 15) is 0 Å². The topological polar surface area (TPSA) is 57.1 Å². The zero-order valence-corrected chi connectivity index (χ0v) is 11.8. The second-order valence-electron chi connectivity index (χ2n) is 3.29. The van der Waals surface area contributed by atoms with Crippen LogP contribution in [0.1, 0.15) is 0 Å². The first-order valence-electron chi connectivity index (χ1n) is 4.97. The first-order chi connectivity index (χ1) is 8.70. The van der Waals surface area contributed by atoms with Gasteiger partial charge in [-0.1, -0.05) is 11.6 Å². The van der Waals surface area contributed by atoms with Gasteiger partial charge in [-0.15, -0.1) is 10.2 Å². The lowest BCUT2D eigenvalue weighted by atomic mass is 10.2. The third-order valence-electron chi connectivity index (χ3n) is 2.03. The number of rotatable bonds is 4. The second kappa shape index (κ2) is 6.08. The highest BCUT2D eigenvalue weighted by atomic mass is 79.9. The number of nitrogens with zero attached hydrogens (tertiary/aromatic N) is 3. The fourth-order valence-corrected chi connectivity index (χ4v) is 1.70. The molecule has 0 fully saturated rings. The molecule has 0 amide bonds. The summed E-state index contributed by atoms with van der Waals surface area (Å²) in [6.07, 6.45) is 1.66. The molecular weight excluding hydrogens is 321 g/mol. The van der Waals surface area contributed by atoms with Crippen molar-refractivity contribution in [1.29, 1.82) is 0 Å². The van der Waals surface area contributed by atoms with Crippen LogP contribution >= 0.6 is 27.5 Å². The minimum Gasteiger partial charge on any atom is -0.465 e. The fourth-order valence-electron chi connectivity index (χ4n) is 1.29. The van der Waals surface area contributed by atoms with Gasteiger partial charge < -0.3 is 9.47 Å². The van der Waals surface area contributed by atoms with Crippen LogP contribution in [0.25, 0.3) is 11.4 Å². The summed E-state index contributed by atoms with van der Waals surface area (Å²) in [5.74, 6) is 0.558. The Morgan fingerprint density at radius 1 is 1.33 bits per heavy atom. The SMILES string of the molecule is COCOc1cc(Br)cnc1-c1ccc(Cl)nn1. The average Bonchev–Trinajstić information content (AvgIpc) is 2.38. The summed E-state index contributed by atoms with van der Waals surface area (Å²) >= 11 is 9.03. The Hall–Kier alpha value is -1.24. The van der Waals surface area contributed by atoms with E-state index >= 15 is 0 Å². The van der Waals surface area contributed by atoms with Crippen LogP contribution in [-0.2, 0) is 4.74 Å². The van der Waals surface area contributed by atoms with Crippen LogP contribution in [0.15, 0.2) is 28.9 Å². The van der Waals surface area contributed by atoms with Gasteiger partial charge in [0.1, 0.15) is 11.4 Å². The largest absolute Gasteiger partial charge is 0.465 e. The molecule has 0 bridgehead atoms. The molecule has 5 nitrogen and oxygen atoms in total. The lowest BCUT2D eigenvalue weighted by molar-refractivity contribution is 0.0512. The van der Waals surface area contributed by atoms with Crippen molar-refractivity contribution >= 4 is 27.5 Å². The van der Waals surface area contributed by atoms with E-state index in [4.69, 9.17) is 21.1 Å². The number of hydrogen-bond acceptors (Lipinski definition) is 5. The van der Waals surface area contributed by atoms with Gasteiger partial charge in [0.2, 0.25) is 0 Å². The minimum atomic E-state index is 0.131. The maximum absolute atomic E-state index is 5.69. The van der Waals surface area contributed by atoms with Gasteiger partial charge in [-0.2, -0.15) is 0 Å². The van der Waals surface area contributed by atoms with Crippen LogP contribution in [0.5, 0.6) is 5.75 Å². The monoisotopic (exact) mass is 329 g/mol. The molecule has 0 aromatic carbocycles. The molecule has 0 aliphatic heterocycles. The zero-order chi connectivity index (χ0) is 13.0. The molecular formula is C11H9BrClN3O2. The molecule has 0 saturated heterocycles. The van der Waals surface area contributed by atoms with Crippen LogP contribution in [0, 0.1) is 0 Å². The summed E-state index contributed by atoms with van der Waals surface area (Å²) in [6.45, 7) is 0.131. The van der Waals surface area contributed by atoms with E-state index < -0.39 is 0 Å². The maximum atomic E-state index is 5.69. The molecule has 0 spiro atoms. The van der Waals surface area contributed by atoms with E-state index in [2.05, 4.69) is 31.1 Å². The highest BCUT2D eigenvalue weighted by Crippen LogP contribution is 2.29. The molecule has 94 valence electrons. The molecule has 2 aromatic heterocycles. The minimum absolute atomic E-state index is 0.131. The van der Waals surface area contributed by atoms with Crippen molar-refractivity contribution in [3.8, 4) is 17.1 Å². The van der Waals surface area contributed by atoms with Crippen molar-refractivity contribution in [2.45, 2.75) is 0 Å². The van der Waals surface area contributed by atoms with Gasteiger partial charge in [-0.3, -0.25) is 0 Å². The normalized spacial score (nSPS) is 10.4. The van der Waals surface area contributed by atoms with E-state index in [-0.39, 0.29) is 6.79 Å². The van der Waals surface area contributed by atoms with Crippen molar-refractivity contribution in [2.24, 2.45) is 0 Å². The van der Waals surface area contributed by atoms with Crippen LogP contribution in [-0.4, -0.2) is 29.1 Å². The smallest absolute Gasteiger partial charge is 0.188 e. The molecule has 0 unspecified atom stereocenters. The van der Waals surface area contributed by atoms with Gasteiger partial charge >= 0.3 is 0 Å². The van der Waals surface area contributed by atoms with Crippen LogP contribution < -0.4 is 4.74 Å². The Labute approximate surface area is 117 Å². The van der Waals surface area contributed by atoms with Crippen molar-refractivity contribution in [3.63, 3.8) is 0 Å². The predicted molar refractivity (Wildman–Crippen MR) is 70.5 cm³/mol. The molecule has 2 rings (SSSR count). The Bertz CT molecular complexity index is 536. The van der Waals surface area contributed by atoms with E-state index in [0.29, 0.717) is 22.3 Å². The van der Waals surface area contributed by atoms with E-state index in [1.54, 1.807) is 31.5 Å². The molecule has 0 N–H and O–H groups in total. The number of hydrogen-bond donors (Lipinski definition) is 0. The van der Waals surface area contributed by atoms with Gasteiger partial charge in [0.25, 0.3) is 0 Å². The van der Waals surface area contributed by atoms with Crippen LogP contribution in [0.4, 0.5) is 0 Å². The van der Waals surface area contributed by atoms with Gasteiger partial charge in [0.15, 0.2) is 17.7 Å². The van der Waals surface area contributed by atoms with Crippen LogP contribution in [0.2, 0.25) is 5.15 Å². The van der Waals surface area contributed by atoms with Gasteiger partial charge in [-0.05, 0) is 34.1 Å². The molecule has 0 aliphatic rings. The molecule has 0 radical (unpaired) electrons. The van der Waals surface area contributed by atoms with Crippen molar-refractivity contribution in [2.75, 3.05) is 13.9 Å². The molecule has 7 heteroatoms. The molecule has 2 aromatic rings. The molecule has 2 heterocycles. The number of halogens is 2. The Balaban J connectivity index is 2.39. The Kier molecular flexibility index (Phi) is 4.46. The third kappa shape index (κ3) is 3.16. The predicted octanol–water partition coefficient (Wildman–Crippen LogP) is 2.94. The summed E-state index contributed by atoms with van der Waals surface area (Å²) in [4.78, 5) is 4.26. The van der Waals surface area contributed by atoms with Crippen molar-refractivity contribution < 1.29 is 9.47 Å². The summed E-state index contributed by atoms with van der Waals surface area (Å²) in [7, 11) is 1.55. The molecule has 0 saturated carbocycles. The average molecular weight is 331 g/mol. The zero-order valence-electron chi connectivity index (χ0n) is 9.43. The maximum Gasteiger partial charge on any atom is 0.188 e. The summed E-state index contributed by atoms with van der Waals surface area (Å²) < 4.78 is 11.1. The number of pyridine rings is 1. The standard InChI is InChI=1S/C11H9BrClN3O2/c1-17-6-18-9-4-7(12)5-14-11(9)8-2-3-10(13)16-15-8/h2-5H,6H2,1H3. The second-order valence-corrected chi connectivity index (χ2v) is 4.60. The van der Waals surface area contributed by atoms with Crippen molar-refractivity contribution in [3.05, 3.63) is 34.0 Å². The third-order valence-corrected chi connectivity index (χ3v) is 2.66. The fraction of sp³-hybridized carbons (Fsp3) is 0.182. The summed E-state index contributed by atoms with van der Waals surface area (Å²) in [5.41, 5.74) is 1.16. The Morgan fingerprint density at radius 3 is 2.83 bits per heavy atom. The first-order valence-corrected chi connectivity index (χ1v) is 6.14. The van der Waals surface area contributed by atoms with E-state index in [1.807, 2.05) is 0 Å². The highest BCUT2D eigenvalue weighted by molar-refractivity contribution is 9.10. The number of aromatic nitrogens is 3. The Morgan fingerprint density at radius 2 is 2.17 bits per heavy atom. The molecule has 0 atom stereocenters. The van der Waals surface area contributed by atoms with E-state index in [0.717, 1.165) is 4.47 Å². The van der Waals surface area contributed by atoms with Gasteiger partial charge in [0.05, 0.1) is 0 Å². The van der Waals surface area contributed by atoms with E-state index in [1.165, 1.54) is 0 Å². The highest BCUT2D eigenvalue weighted by Gasteiger charge is 2.11. The number of ether oxygens (including phenoxy) is 2. The quantitative estimate of drug-likeness (QED) is 0.807. The summed E-state index contributed by atoms with van der Waals surface area (Å²) in [6, 6.07) is 5.16. The molecule has 18 heavy (non-hydrogen) atoms. The first kappa shape index (κ1) is 13.2. The lowest BCUT2D eigenvalue weighted by Crippen LogP contribution is -2.02. The summed E-state index contributed by atoms with van der Waals surface area (Å²) in [5, 5.41) is 8.07. The van der Waals surface area contributed by atoms with Gasteiger partial charge in [0, 0.05) is 17.8 Å². The lowest BCUT2D eigenvalue weighted by Gasteiger charge is -2.09. The van der Waals surface area contributed by atoms with Crippen molar-refractivity contribution in [1.82, 2.24) is 15.2 Å². The van der Waals surface area contributed by atoms with Gasteiger partial charge in [-0.25, -0.2) is 4.98 Å². The number of methoxy groups -OCH3 is 1. The molecule has 0 aliphatic carbocycles.